The van der Waals surface area contributed by atoms with Crippen molar-refractivity contribution >= 4 is 23.6 Å². The van der Waals surface area contributed by atoms with Crippen LogP contribution in [0.15, 0.2) is 18.2 Å². The Morgan fingerprint density at radius 2 is 1.87 bits per heavy atom. The lowest BCUT2D eigenvalue weighted by Gasteiger charge is -2.15. The summed E-state index contributed by atoms with van der Waals surface area (Å²) in [5, 5.41) is 14.9. The number of alkyl halides is 3. The molecule has 4 N–H and O–H groups in total. The number of hydrogen-bond acceptors (Lipinski definition) is 6. The van der Waals surface area contributed by atoms with E-state index in [4.69, 9.17) is 4.74 Å². The maximum atomic E-state index is 13.4. The summed E-state index contributed by atoms with van der Waals surface area (Å²) in [4.78, 5) is 28.2. The second-order valence-electron chi connectivity index (χ2n) is 7.50. The molecule has 1 aliphatic carbocycles. The third-order valence-corrected chi connectivity index (χ3v) is 5.28. The minimum atomic E-state index is -4.74. The molecule has 1 aliphatic heterocycles. The van der Waals surface area contributed by atoms with E-state index < -0.39 is 29.4 Å². The number of anilines is 2. The number of rotatable bonds is 0. The van der Waals surface area contributed by atoms with Crippen molar-refractivity contribution in [2.75, 3.05) is 18.4 Å². The highest BCUT2D eigenvalue weighted by atomic mass is 19.4. The largest absolute Gasteiger partial charge is 0.446 e. The van der Waals surface area contributed by atoms with Crippen molar-refractivity contribution in [2.45, 2.75) is 43.9 Å². The summed E-state index contributed by atoms with van der Waals surface area (Å²) in [6.45, 7) is 0.268. The first-order valence-electron chi connectivity index (χ1n) is 9.93. The van der Waals surface area contributed by atoms with Gasteiger partial charge in [-0.15, -0.1) is 0 Å². The van der Waals surface area contributed by atoms with Crippen molar-refractivity contribution in [3.05, 3.63) is 35.2 Å². The van der Waals surface area contributed by atoms with Gasteiger partial charge in [-0.25, -0.2) is 9.78 Å². The van der Waals surface area contributed by atoms with Gasteiger partial charge in [0.15, 0.2) is 5.82 Å². The number of halogens is 3. The predicted molar refractivity (Wildman–Crippen MR) is 103 cm³/mol. The van der Waals surface area contributed by atoms with Crippen LogP contribution in [0.1, 0.15) is 53.3 Å². The Bertz CT molecular complexity index is 977. The molecule has 0 saturated heterocycles. The van der Waals surface area contributed by atoms with Crippen LogP contribution in [0.5, 0.6) is 0 Å². The summed E-state index contributed by atoms with van der Waals surface area (Å²) in [7, 11) is 0. The highest BCUT2D eigenvalue weighted by molar-refractivity contribution is 5.94. The van der Waals surface area contributed by atoms with E-state index in [9.17, 15) is 22.8 Å². The number of pyridine rings is 1. The van der Waals surface area contributed by atoms with Crippen molar-refractivity contribution in [1.29, 1.82) is 0 Å². The summed E-state index contributed by atoms with van der Waals surface area (Å²) in [6.07, 6.45) is -3.00. The Morgan fingerprint density at radius 1 is 1.06 bits per heavy atom. The summed E-state index contributed by atoms with van der Waals surface area (Å²) in [5.41, 5.74) is -1.05. The lowest BCUT2D eigenvalue weighted by molar-refractivity contribution is -0.138. The standard InChI is InChI=1S/C19H21F3N6O3/c20-19(21,22)12-4-5-14-25-15-9-13(27-28-15)10-2-3-11(8-10)31-18(30)24-7-1-6-23-17(29)16(12)26-14/h4-5,9-11H,1-3,6-8H2,(H,23,29)(H,24,30)(H2,25,26,27,28)/t10-,11+/m0/s1. The summed E-state index contributed by atoms with van der Waals surface area (Å²) in [5.74, 6) is -0.420. The van der Waals surface area contributed by atoms with E-state index in [0.29, 0.717) is 18.7 Å². The zero-order chi connectivity index (χ0) is 22.0. The van der Waals surface area contributed by atoms with Crippen LogP contribution in [0.2, 0.25) is 0 Å². The summed E-state index contributed by atoms with van der Waals surface area (Å²) >= 11 is 0. The fraction of sp³-hybridized carbons (Fsp3) is 0.474. The number of aromatic amines is 1. The van der Waals surface area contributed by atoms with Gasteiger partial charge in [0.25, 0.3) is 5.91 Å². The number of hydrogen-bond donors (Lipinski definition) is 4. The van der Waals surface area contributed by atoms with Crippen LogP contribution < -0.4 is 16.0 Å². The Kier molecular flexibility index (Phi) is 5.70. The molecule has 166 valence electrons. The van der Waals surface area contributed by atoms with Crippen LogP contribution in [0.25, 0.3) is 0 Å². The SMILES string of the molecule is O=C1NCCCNC(=O)c2nc(ccc2C(F)(F)F)Nc2cc([nH]n2)[C@H]2CC[C@H](C2)O1. The van der Waals surface area contributed by atoms with Gasteiger partial charge in [-0.1, -0.05) is 0 Å². The lowest BCUT2D eigenvalue weighted by Crippen LogP contribution is -2.33. The minimum absolute atomic E-state index is 0.0595. The maximum absolute atomic E-state index is 13.4. The summed E-state index contributed by atoms with van der Waals surface area (Å²) in [6, 6.07) is 3.70. The van der Waals surface area contributed by atoms with E-state index in [1.807, 2.05) is 0 Å². The van der Waals surface area contributed by atoms with E-state index >= 15 is 0 Å². The molecule has 4 rings (SSSR count). The average molecular weight is 438 g/mol. The van der Waals surface area contributed by atoms with Gasteiger partial charge in [-0.3, -0.25) is 9.89 Å². The van der Waals surface area contributed by atoms with Crippen LogP contribution in [0, 0.1) is 0 Å². The van der Waals surface area contributed by atoms with Gasteiger partial charge < -0.3 is 20.7 Å². The fourth-order valence-electron chi connectivity index (χ4n) is 3.76. The molecular weight excluding hydrogens is 417 g/mol. The number of ether oxygens (including phenoxy) is 1. The molecule has 6 bridgehead atoms. The molecule has 2 aromatic rings. The summed E-state index contributed by atoms with van der Waals surface area (Å²) < 4.78 is 45.5. The van der Waals surface area contributed by atoms with E-state index in [0.717, 1.165) is 30.7 Å². The van der Waals surface area contributed by atoms with Crippen LogP contribution >= 0.6 is 0 Å². The number of carbonyl (C=O) groups excluding carboxylic acids is 2. The number of alkyl carbamates (subject to hydrolysis) is 1. The van der Waals surface area contributed by atoms with E-state index in [1.165, 1.54) is 0 Å². The number of nitrogens with zero attached hydrogens (tertiary/aromatic N) is 2. The minimum Gasteiger partial charge on any atom is -0.446 e. The van der Waals surface area contributed by atoms with Gasteiger partial charge >= 0.3 is 12.3 Å². The first kappa shape index (κ1) is 20.9. The highest BCUT2D eigenvalue weighted by Gasteiger charge is 2.36. The average Bonchev–Trinajstić information content (AvgIpc) is 3.35. The lowest BCUT2D eigenvalue weighted by atomic mass is 10.0. The molecule has 12 heteroatoms. The van der Waals surface area contributed by atoms with Gasteiger partial charge in [0.2, 0.25) is 0 Å². The monoisotopic (exact) mass is 438 g/mol. The number of nitrogens with one attached hydrogen (secondary N) is 4. The number of amides is 2. The first-order valence-corrected chi connectivity index (χ1v) is 9.93. The van der Waals surface area contributed by atoms with Crippen molar-refractivity contribution in [2.24, 2.45) is 0 Å². The van der Waals surface area contributed by atoms with E-state index in [-0.39, 0.29) is 30.9 Å². The molecule has 0 unspecified atom stereocenters. The van der Waals surface area contributed by atoms with Gasteiger partial charge in [0.1, 0.15) is 17.6 Å². The normalized spacial score (nSPS) is 22.4. The van der Waals surface area contributed by atoms with Crippen LogP contribution in [-0.4, -0.2) is 46.4 Å². The third kappa shape index (κ3) is 4.89. The fourth-order valence-corrected chi connectivity index (χ4v) is 3.76. The van der Waals surface area contributed by atoms with Gasteiger partial charge in [-0.05, 0) is 37.8 Å². The molecule has 3 heterocycles. The van der Waals surface area contributed by atoms with Crippen molar-refractivity contribution < 1.29 is 27.5 Å². The van der Waals surface area contributed by atoms with E-state index in [2.05, 4.69) is 31.1 Å². The van der Waals surface area contributed by atoms with Crippen molar-refractivity contribution in [1.82, 2.24) is 25.8 Å². The molecule has 0 spiro atoms. The van der Waals surface area contributed by atoms with Crippen LogP contribution in [0.4, 0.5) is 29.6 Å². The number of carbonyl (C=O) groups is 2. The molecule has 2 atom stereocenters. The molecule has 1 saturated carbocycles. The molecule has 9 nitrogen and oxygen atoms in total. The molecule has 0 radical (unpaired) electrons. The van der Waals surface area contributed by atoms with Gasteiger partial charge in [0, 0.05) is 30.8 Å². The number of fused-ring (bicyclic) bond motifs is 7. The number of aromatic nitrogens is 3. The topological polar surface area (TPSA) is 121 Å². The van der Waals surface area contributed by atoms with Crippen molar-refractivity contribution in [3.63, 3.8) is 0 Å². The smallest absolute Gasteiger partial charge is 0.418 e. The first-order chi connectivity index (χ1) is 14.8. The van der Waals surface area contributed by atoms with E-state index in [1.54, 1.807) is 6.07 Å². The van der Waals surface area contributed by atoms with Gasteiger partial charge in [-0.2, -0.15) is 18.3 Å². The maximum Gasteiger partial charge on any atom is 0.418 e. The molecule has 2 amide bonds. The second-order valence-corrected chi connectivity index (χ2v) is 7.50. The van der Waals surface area contributed by atoms with Gasteiger partial charge in [0.05, 0.1) is 5.56 Å². The molecule has 1 fully saturated rings. The quantitative estimate of drug-likeness (QED) is 0.502. The molecule has 2 aliphatic rings. The van der Waals surface area contributed by atoms with Crippen LogP contribution in [-0.2, 0) is 10.9 Å². The molecular formula is C19H21F3N6O3. The molecule has 31 heavy (non-hydrogen) atoms. The highest BCUT2D eigenvalue weighted by Crippen LogP contribution is 2.36. The Balaban J connectivity index is 1.63. The molecule has 0 aromatic carbocycles. The number of H-pyrrole nitrogens is 1. The second kappa shape index (κ2) is 8.44. The van der Waals surface area contributed by atoms with Crippen molar-refractivity contribution in [3.8, 4) is 0 Å². The predicted octanol–water partition coefficient (Wildman–Crippen LogP) is 3.06. The Labute approximate surface area is 175 Å². The van der Waals surface area contributed by atoms with Crippen LogP contribution in [0.3, 0.4) is 0 Å². The zero-order valence-electron chi connectivity index (χ0n) is 16.4. The molecule has 2 aromatic heterocycles. The third-order valence-electron chi connectivity index (χ3n) is 5.28. The Morgan fingerprint density at radius 3 is 2.68 bits per heavy atom. The zero-order valence-corrected chi connectivity index (χ0v) is 16.4. The Hall–Kier alpha value is -3.31.